The molecule has 0 bridgehead atoms. The molecule has 3 rings (SSSR count). The Balaban J connectivity index is 1.63. The van der Waals surface area contributed by atoms with E-state index in [1.54, 1.807) is 36.4 Å². The molecule has 0 aromatic heterocycles. The van der Waals surface area contributed by atoms with Crippen LogP contribution in [0.3, 0.4) is 0 Å². The van der Waals surface area contributed by atoms with Crippen LogP contribution < -0.4 is 18.9 Å². The molecule has 39 heavy (non-hydrogen) atoms. The highest BCUT2D eigenvalue weighted by atomic mass is 16.6. The number of carbonyl (C=O) groups is 4. The Bertz CT molecular complexity index is 1450. The van der Waals surface area contributed by atoms with Crippen LogP contribution in [-0.2, 0) is 14.4 Å². The number of para-hydroxylation sites is 1. The number of phenols is 1. The van der Waals surface area contributed by atoms with Crippen LogP contribution in [0.25, 0.3) is 12.2 Å². The smallest absolute Gasteiger partial charge is 0.347 e. The summed E-state index contributed by atoms with van der Waals surface area (Å²) in [5.74, 6) is -1.47. The van der Waals surface area contributed by atoms with Gasteiger partial charge in [0.2, 0.25) is 0 Å². The zero-order chi connectivity index (χ0) is 28.4. The summed E-state index contributed by atoms with van der Waals surface area (Å²) in [6.07, 6.45) is 5.25. The lowest BCUT2D eigenvalue weighted by Gasteiger charge is -2.12. The van der Waals surface area contributed by atoms with Crippen molar-refractivity contribution >= 4 is 35.7 Å². The largest absolute Gasteiger partial charge is 0.504 e. The molecule has 0 heterocycles. The van der Waals surface area contributed by atoms with Gasteiger partial charge in [0.25, 0.3) is 0 Å². The topological polar surface area (TPSA) is 125 Å². The lowest BCUT2D eigenvalue weighted by Crippen LogP contribution is -2.13. The molecule has 200 valence electrons. The minimum Gasteiger partial charge on any atom is -0.504 e. The van der Waals surface area contributed by atoms with E-state index in [1.807, 2.05) is 0 Å². The number of carbonyl (C=O) groups excluding carboxylic acids is 4. The van der Waals surface area contributed by atoms with E-state index in [0.29, 0.717) is 11.1 Å². The fraction of sp³-hybridized carbons (Fsp3) is 0.133. The Morgan fingerprint density at radius 2 is 1.31 bits per heavy atom. The van der Waals surface area contributed by atoms with Crippen molar-refractivity contribution in [3.63, 3.8) is 0 Å². The van der Waals surface area contributed by atoms with Gasteiger partial charge in [-0.15, -0.1) is 0 Å². The van der Waals surface area contributed by atoms with E-state index in [-0.39, 0.29) is 40.7 Å². The molecule has 0 atom stereocenters. The van der Waals surface area contributed by atoms with Crippen molar-refractivity contribution < 1.29 is 43.2 Å². The molecule has 0 saturated heterocycles. The maximum atomic E-state index is 12.7. The number of ether oxygens (including phenoxy) is 4. The SMILES string of the molecule is COc1cc(/C=C/C(=O)CC(=O)/C=C/c2ccc(OC(=O)c3ccccc3OC(C)=O)c(OC)c2)ccc1O. The van der Waals surface area contributed by atoms with Crippen molar-refractivity contribution in [2.24, 2.45) is 0 Å². The average molecular weight is 531 g/mol. The Morgan fingerprint density at radius 1 is 0.718 bits per heavy atom. The Hall–Kier alpha value is -5.18. The van der Waals surface area contributed by atoms with Gasteiger partial charge in [-0.1, -0.05) is 36.4 Å². The summed E-state index contributed by atoms with van der Waals surface area (Å²) in [6.45, 7) is 1.23. The van der Waals surface area contributed by atoms with Crippen LogP contribution in [0.1, 0.15) is 34.8 Å². The number of benzene rings is 3. The van der Waals surface area contributed by atoms with Crippen LogP contribution in [-0.4, -0.2) is 42.8 Å². The zero-order valence-electron chi connectivity index (χ0n) is 21.5. The molecule has 0 amide bonds. The summed E-state index contributed by atoms with van der Waals surface area (Å²) in [7, 11) is 2.81. The van der Waals surface area contributed by atoms with Gasteiger partial charge in [-0.05, 0) is 59.7 Å². The molecule has 0 unspecified atom stereocenters. The molecule has 3 aromatic rings. The summed E-state index contributed by atoms with van der Waals surface area (Å²) in [6, 6.07) is 15.4. The lowest BCUT2D eigenvalue weighted by atomic mass is 10.1. The van der Waals surface area contributed by atoms with Gasteiger partial charge < -0.3 is 24.1 Å². The predicted octanol–water partition coefficient (Wildman–Crippen LogP) is 4.81. The number of rotatable bonds is 11. The standard InChI is InChI=1S/C30H26O9/c1-19(31)38-26-7-5-4-6-24(26)30(35)39-27-15-11-21(17-29(27)37-3)9-13-23(33)18-22(32)12-8-20-10-14-25(34)28(16-20)36-2/h4-17,34H,18H2,1-3H3/b12-8+,13-9+. The molecule has 0 aliphatic rings. The highest BCUT2D eigenvalue weighted by molar-refractivity contribution is 6.10. The van der Waals surface area contributed by atoms with Gasteiger partial charge in [-0.25, -0.2) is 4.79 Å². The van der Waals surface area contributed by atoms with Gasteiger partial charge in [0.1, 0.15) is 11.3 Å². The molecule has 3 aromatic carbocycles. The van der Waals surface area contributed by atoms with Crippen molar-refractivity contribution in [3.8, 4) is 28.7 Å². The fourth-order valence-corrected chi connectivity index (χ4v) is 3.37. The molecule has 0 radical (unpaired) electrons. The van der Waals surface area contributed by atoms with Crippen molar-refractivity contribution in [1.29, 1.82) is 0 Å². The van der Waals surface area contributed by atoms with Crippen LogP contribution in [0.15, 0.2) is 72.8 Å². The minimum absolute atomic E-state index is 0.0197. The molecule has 1 N–H and O–H groups in total. The van der Waals surface area contributed by atoms with Crippen molar-refractivity contribution in [2.45, 2.75) is 13.3 Å². The number of allylic oxidation sites excluding steroid dienone is 2. The highest BCUT2D eigenvalue weighted by Crippen LogP contribution is 2.31. The van der Waals surface area contributed by atoms with Crippen molar-refractivity contribution in [2.75, 3.05) is 14.2 Å². The van der Waals surface area contributed by atoms with E-state index in [2.05, 4.69) is 0 Å². The second-order valence-corrected chi connectivity index (χ2v) is 8.10. The van der Waals surface area contributed by atoms with Crippen LogP contribution in [0.5, 0.6) is 28.7 Å². The summed E-state index contributed by atoms with van der Waals surface area (Å²) < 4.78 is 20.8. The second-order valence-electron chi connectivity index (χ2n) is 8.10. The first-order valence-corrected chi connectivity index (χ1v) is 11.7. The maximum Gasteiger partial charge on any atom is 0.347 e. The van der Waals surface area contributed by atoms with Crippen LogP contribution in [0.4, 0.5) is 0 Å². The van der Waals surface area contributed by atoms with E-state index in [9.17, 15) is 24.3 Å². The normalized spacial score (nSPS) is 10.8. The number of esters is 2. The van der Waals surface area contributed by atoms with Gasteiger partial charge in [0.05, 0.1) is 20.6 Å². The van der Waals surface area contributed by atoms with E-state index in [1.165, 1.54) is 69.7 Å². The fourth-order valence-electron chi connectivity index (χ4n) is 3.37. The molecular formula is C30H26O9. The summed E-state index contributed by atoms with van der Waals surface area (Å²) >= 11 is 0. The van der Waals surface area contributed by atoms with Gasteiger partial charge >= 0.3 is 11.9 Å². The molecule has 9 nitrogen and oxygen atoms in total. The zero-order valence-corrected chi connectivity index (χ0v) is 21.5. The van der Waals surface area contributed by atoms with E-state index >= 15 is 0 Å². The lowest BCUT2D eigenvalue weighted by molar-refractivity contribution is -0.132. The van der Waals surface area contributed by atoms with Gasteiger partial charge in [0.15, 0.2) is 34.6 Å². The summed E-state index contributed by atoms with van der Waals surface area (Å²) in [5, 5.41) is 9.64. The third-order valence-corrected chi connectivity index (χ3v) is 5.23. The maximum absolute atomic E-state index is 12.7. The molecule has 9 heteroatoms. The van der Waals surface area contributed by atoms with Gasteiger partial charge in [0, 0.05) is 6.92 Å². The molecule has 0 aliphatic heterocycles. The minimum atomic E-state index is -0.749. The summed E-state index contributed by atoms with van der Waals surface area (Å²) in [5.41, 5.74) is 1.26. The number of phenolic OH excluding ortho intramolecular Hbond substituents is 1. The first-order valence-electron chi connectivity index (χ1n) is 11.7. The Kier molecular flexibility index (Phi) is 9.75. The molecule has 0 spiro atoms. The Morgan fingerprint density at radius 3 is 1.92 bits per heavy atom. The number of methoxy groups -OCH3 is 2. The summed E-state index contributed by atoms with van der Waals surface area (Å²) in [4.78, 5) is 48.5. The Labute approximate surface area is 224 Å². The van der Waals surface area contributed by atoms with Crippen molar-refractivity contribution in [1.82, 2.24) is 0 Å². The number of hydrogen-bond donors (Lipinski definition) is 1. The highest BCUT2D eigenvalue weighted by Gasteiger charge is 2.18. The molecule has 0 fully saturated rings. The first kappa shape index (κ1) is 28.4. The van der Waals surface area contributed by atoms with E-state index in [0.717, 1.165) is 0 Å². The average Bonchev–Trinajstić information content (AvgIpc) is 2.91. The molecule has 0 saturated carbocycles. The van der Waals surface area contributed by atoms with E-state index in [4.69, 9.17) is 18.9 Å². The van der Waals surface area contributed by atoms with Crippen LogP contribution in [0, 0.1) is 0 Å². The van der Waals surface area contributed by atoms with Gasteiger partial charge in [-0.3, -0.25) is 14.4 Å². The van der Waals surface area contributed by atoms with Crippen LogP contribution in [0.2, 0.25) is 0 Å². The monoisotopic (exact) mass is 530 g/mol. The van der Waals surface area contributed by atoms with Crippen molar-refractivity contribution in [3.05, 3.63) is 89.5 Å². The van der Waals surface area contributed by atoms with E-state index < -0.39 is 23.5 Å². The van der Waals surface area contributed by atoms with Crippen LogP contribution >= 0.6 is 0 Å². The third kappa shape index (κ3) is 8.16. The molecule has 0 aliphatic carbocycles. The number of ketones is 2. The molecular weight excluding hydrogens is 504 g/mol. The predicted molar refractivity (Wildman–Crippen MR) is 143 cm³/mol. The first-order chi connectivity index (χ1) is 18.7. The third-order valence-electron chi connectivity index (χ3n) is 5.23. The number of hydrogen-bond acceptors (Lipinski definition) is 9. The quantitative estimate of drug-likeness (QED) is 0.161. The van der Waals surface area contributed by atoms with Gasteiger partial charge in [-0.2, -0.15) is 0 Å². The second kappa shape index (κ2) is 13.4. The number of aromatic hydroxyl groups is 1.